The second kappa shape index (κ2) is 6.82. The Balaban J connectivity index is 2.43. The second-order valence-corrected chi connectivity index (χ2v) is 11.6. The minimum Gasteiger partial charge on any atom is -0.149 e. The third kappa shape index (κ3) is 2.96. The average Bonchev–Trinajstić information content (AvgIpc) is 2.59. The van der Waals surface area contributed by atoms with Crippen LogP contribution in [0, 0.1) is 34.6 Å². The van der Waals surface area contributed by atoms with Gasteiger partial charge in [0.25, 0.3) is 0 Å². The zero-order chi connectivity index (χ0) is 18.2. The monoisotopic (exact) mass is 364 g/mol. The fraction of sp³-hybridized carbons (Fsp3) is 0.217. The van der Waals surface area contributed by atoms with Gasteiger partial charge in [-0.15, -0.1) is 11.1 Å². The first kappa shape index (κ1) is 18.0. The molecule has 0 saturated carbocycles. The number of hydrogen-bond acceptors (Lipinski definition) is 0. The summed E-state index contributed by atoms with van der Waals surface area (Å²) in [5, 5.41) is 3.90. The van der Waals surface area contributed by atoms with Crippen molar-refractivity contribution in [3.63, 3.8) is 0 Å². The summed E-state index contributed by atoms with van der Waals surface area (Å²) in [6.45, 7) is 10.9. The summed E-state index contributed by atoms with van der Waals surface area (Å²) < 4.78 is 0. The van der Waals surface area contributed by atoms with Gasteiger partial charge >= 0.3 is 0 Å². The van der Waals surface area contributed by atoms with E-state index in [1.807, 2.05) is 0 Å². The van der Waals surface area contributed by atoms with Crippen LogP contribution in [-0.4, -0.2) is 7.38 Å². The molecule has 0 saturated heterocycles. The van der Waals surface area contributed by atoms with Crippen LogP contribution in [0.5, 0.6) is 0 Å². The van der Waals surface area contributed by atoms with Crippen LogP contribution in [0.2, 0.25) is 0 Å². The van der Waals surface area contributed by atoms with Gasteiger partial charge in [0.1, 0.15) is 0 Å². The lowest BCUT2D eigenvalue weighted by Crippen LogP contribution is -2.65. The van der Waals surface area contributed by atoms with Gasteiger partial charge in [-0.05, 0) is 78.0 Å². The molecule has 0 nitrogen and oxygen atoms in total. The highest BCUT2D eigenvalue weighted by Gasteiger charge is 2.41. The van der Waals surface area contributed by atoms with E-state index < -0.39 is 7.38 Å². The maximum Gasteiger partial charge on any atom is 0.248 e. The zero-order valence-corrected chi connectivity index (χ0v) is 17.4. The van der Waals surface area contributed by atoms with Crippen molar-refractivity contribution in [2.24, 2.45) is 0 Å². The Morgan fingerprint density at radius 2 is 0.920 bits per heavy atom. The summed E-state index contributed by atoms with van der Waals surface area (Å²) in [5.41, 5.74) is 6.50. The smallest absolute Gasteiger partial charge is 0.149 e. The van der Waals surface area contributed by atoms with Crippen molar-refractivity contribution in [1.82, 2.24) is 0 Å². The Morgan fingerprint density at radius 1 is 0.520 bits per heavy atom. The Labute approximate surface area is 157 Å². The first-order valence-electron chi connectivity index (χ1n) is 8.75. The number of rotatable bonds is 3. The predicted octanol–water partition coefficient (Wildman–Crippen LogP) is 4.43. The Morgan fingerprint density at radius 3 is 1.40 bits per heavy atom. The molecule has 0 unspecified atom stereocenters. The third-order valence-electron chi connectivity index (χ3n) is 5.47. The SMILES string of the molecule is Cc1ccccc1[Si](Cl)(c1cccc(C)c1C)c1cccc(C)c1C. The molecule has 128 valence electrons. The molecular formula is C23H25ClSi. The maximum absolute atomic E-state index is 7.71. The van der Waals surface area contributed by atoms with Gasteiger partial charge in [0.05, 0.1) is 0 Å². The lowest BCUT2D eigenvalue weighted by atomic mass is 10.1. The van der Waals surface area contributed by atoms with E-state index in [2.05, 4.69) is 95.3 Å². The molecule has 0 amide bonds. The molecule has 0 aromatic heterocycles. The van der Waals surface area contributed by atoms with Crippen LogP contribution in [0.1, 0.15) is 27.8 Å². The highest BCUT2D eigenvalue weighted by molar-refractivity contribution is 7.40. The molecule has 0 aliphatic carbocycles. The van der Waals surface area contributed by atoms with E-state index in [9.17, 15) is 0 Å². The van der Waals surface area contributed by atoms with Crippen LogP contribution in [0.15, 0.2) is 60.7 Å². The van der Waals surface area contributed by atoms with Crippen LogP contribution >= 0.6 is 11.1 Å². The van der Waals surface area contributed by atoms with Crippen LogP contribution in [-0.2, 0) is 0 Å². The van der Waals surface area contributed by atoms with E-state index in [0.717, 1.165) is 0 Å². The van der Waals surface area contributed by atoms with Gasteiger partial charge in [0, 0.05) is 0 Å². The summed E-state index contributed by atoms with van der Waals surface area (Å²) in [5.74, 6) is 0. The van der Waals surface area contributed by atoms with Crippen LogP contribution < -0.4 is 15.6 Å². The van der Waals surface area contributed by atoms with E-state index in [0.29, 0.717) is 0 Å². The molecule has 0 aliphatic heterocycles. The highest BCUT2D eigenvalue weighted by Crippen LogP contribution is 2.20. The molecule has 3 aromatic carbocycles. The Hall–Kier alpha value is -1.83. The molecule has 0 aliphatic rings. The number of hydrogen-bond donors (Lipinski definition) is 0. The largest absolute Gasteiger partial charge is 0.248 e. The topological polar surface area (TPSA) is 0 Å². The Kier molecular flexibility index (Phi) is 4.90. The first-order valence-corrected chi connectivity index (χ1v) is 11.8. The molecule has 0 radical (unpaired) electrons. The molecular weight excluding hydrogens is 340 g/mol. The summed E-state index contributed by atoms with van der Waals surface area (Å²) in [6.07, 6.45) is 0. The van der Waals surface area contributed by atoms with Crippen molar-refractivity contribution in [3.05, 3.63) is 88.5 Å². The number of aryl methyl sites for hydroxylation is 3. The fourth-order valence-corrected chi connectivity index (χ4v) is 9.41. The molecule has 0 atom stereocenters. The van der Waals surface area contributed by atoms with Crippen molar-refractivity contribution in [2.75, 3.05) is 0 Å². The van der Waals surface area contributed by atoms with Crippen molar-refractivity contribution in [3.8, 4) is 0 Å². The van der Waals surface area contributed by atoms with Gasteiger partial charge in [-0.2, -0.15) is 0 Å². The number of benzene rings is 3. The van der Waals surface area contributed by atoms with Crippen molar-refractivity contribution in [1.29, 1.82) is 0 Å². The lowest BCUT2D eigenvalue weighted by molar-refractivity contribution is 1.35. The van der Waals surface area contributed by atoms with Gasteiger partial charge in [-0.3, -0.25) is 0 Å². The minimum absolute atomic E-state index is 1.27. The van der Waals surface area contributed by atoms with Crippen LogP contribution in [0.25, 0.3) is 0 Å². The van der Waals surface area contributed by atoms with Crippen molar-refractivity contribution in [2.45, 2.75) is 34.6 Å². The summed E-state index contributed by atoms with van der Waals surface area (Å²) in [6, 6.07) is 21.7. The van der Waals surface area contributed by atoms with Crippen molar-refractivity contribution >= 4 is 34.0 Å². The lowest BCUT2D eigenvalue weighted by Gasteiger charge is -2.31. The van der Waals surface area contributed by atoms with Gasteiger partial charge < -0.3 is 0 Å². The zero-order valence-electron chi connectivity index (χ0n) is 15.7. The Bertz CT molecular complexity index is 876. The van der Waals surface area contributed by atoms with Crippen LogP contribution in [0.3, 0.4) is 0 Å². The molecule has 3 aromatic rings. The first-order chi connectivity index (χ1) is 11.9. The van der Waals surface area contributed by atoms with Gasteiger partial charge in [-0.25, -0.2) is 0 Å². The molecule has 0 heterocycles. The van der Waals surface area contributed by atoms with E-state index in [1.54, 1.807) is 0 Å². The maximum atomic E-state index is 7.71. The number of halogens is 1. The quantitative estimate of drug-likeness (QED) is 0.366. The van der Waals surface area contributed by atoms with Crippen molar-refractivity contribution < 1.29 is 0 Å². The fourth-order valence-electron chi connectivity index (χ4n) is 3.64. The molecule has 25 heavy (non-hydrogen) atoms. The van der Waals surface area contributed by atoms with Gasteiger partial charge in [0.15, 0.2) is 0 Å². The summed E-state index contributed by atoms with van der Waals surface area (Å²) in [4.78, 5) is 0. The minimum atomic E-state index is -2.60. The summed E-state index contributed by atoms with van der Waals surface area (Å²) >= 11 is 7.71. The second-order valence-electron chi connectivity index (χ2n) is 6.97. The van der Waals surface area contributed by atoms with E-state index in [1.165, 1.54) is 43.4 Å². The average molecular weight is 365 g/mol. The molecule has 0 N–H and O–H groups in total. The normalized spacial score (nSPS) is 11.6. The standard InChI is InChI=1S/C23H25ClSi/c1-16-11-8-14-22(19(16)4)25(24,21-13-7-6-10-18(21)3)23-15-9-12-17(2)20(23)5/h6-15H,1-5H3. The van der Waals surface area contributed by atoms with E-state index in [-0.39, 0.29) is 0 Å². The molecule has 0 spiro atoms. The highest BCUT2D eigenvalue weighted by atomic mass is 35.6. The third-order valence-corrected chi connectivity index (χ3v) is 11.2. The predicted molar refractivity (Wildman–Crippen MR) is 114 cm³/mol. The van der Waals surface area contributed by atoms with E-state index in [4.69, 9.17) is 11.1 Å². The molecule has 0 bridgehead atoms. The van der Waals surface area contributed by atoms with Crippen LogP contribution in [0.4, 0.5) is 0 Å². The van der Waals surface area contributed by atoms with E-state index >= 15 is 0 Å². The van der Waals surface area contributed by atoms with Gasteiger partial charge in [-0.1, -0.05) is 60.7 Å². The molecule has 2 heteroatoms. The molecule has 0 fully saturated rings. The summed E-state index contributed by atoms with van der Waals surface area (Å²) in [7, 11) is -2.60. The van der Waals surface area contributed by atoms with Gasteiger partial charge in [0.2, 0.25) is 7.38 Å². The molecule has 3 rings (SSSR count).